The molecule has 2 fully saturated rings. The summed E-state index contributed by atoms with van der Waals surface area (Å²) in [7, 11) is 0. The zero-order chi connectivity index (χ0) is 20.9. The lowest BCUT2D eigenvalue weighted by Crippen LogP contribution is -2.44. The molecule has 2 heterocycles. The number of likely N-dealkylation sites (tertiary alicyclic amines) is 1. The Balaban J connectivity index is 1.30. The number of hydrogen-bond donors (Lipinski definition) is 0. The fraction of sp³-hybridized carbons (Fsp3) is 0.440. The molecule has 2 aliphatic rings. The van der Waals surface area contributed by atoms with Gasteiger partial charge in [-0.2, -0.15) is 0 Å². The van der Waals surface area contributed by atoms with Crippen LogP contribution in [0.15, 0.2) is 54.6 Å². The van der Waals surface area contributed by atoms with Crippen LogP contribution >= 0.6 is 0 Å². The zero-order valence-electron chi connectivity index (χ0n) is 17.6. The number of carbonyl (C=O) groups excluding carboxylic acids is 2. The van der Waals surface area contributed by atoms with Crippen LogP contribution < -0.4 is 4.90 Å². The summed E-state index contributed by atoms with van der Waals surface area (Å²) in [5.41, 5.74) is 3.27. The van der Waals surface area contributed by atoms with E-state index in [1.807, 2.05) is 41.3 Å². The highest BCUT2D eigenvalue weighted by molar-refractivity contribution is 6.00. The molecule has 0 radical (unpaired) electrons. The first-order valence-electron chi connectivity index (χ1n) is 11.0. The first-order chi connectivity index (χ1) is 14.7. The standard InChI is InChI=1S/C25H30N2O3/c1-2-20-10-6-7-11-23(20)27-17-21(16-24(27)28)25(29)26-14-12-22(13-15-26)30-18-19-8-4-3-5-9-19/h3-11,21-22H,2,12-18H2,1H3. The largest absolute Gasteiger partial charge is 0.373 e. The van der Waals surface area contributed by atoms with E-state index in [1.165, 1.54) is 5.56 Å². The van der Waals surface area contributed by atoms with Crippen molar-refractivity contribution in [2.75, 3.05) is 24.5 Å². The van der Waals surface area contributed by atoms with Gasteiger partial charge in [-0.05, 0) is 36.5 Å². The Bertz CT molecular complexity index is 875. The van der Waals surface area contributed by atoms with E-state index in [2.05, 4.69) is 25.1 Å². The van der Waals surface area contributed by atoms with Crippen LogP contribution in [0.5, 0.6) is 0 Å². The summed E-state index contributed by atoms with van der Waals surface area (Å²) >= 11 is 0. The number of rotatable bonds is 6. The second kappa shape index (κ2) is 9.43. The van der Waals surface area contributed by atoms with E-state index >= 15 is 0 Å². The molecule has 30 heavy (non-hydrogen) atoms. The molecule has 1 atom stereocenters. The van der Waals surface area contributed by atoms with E-state index in [-0.39, 0.29) is 23.8 Å². The number of benzene rings is 2. The predicted octanol–water partition coefficient (Wildman–Crippen LogP) is 3.81. The van der Waals surface area contributed by atoms with Gasteiger partial charge in [0.15, 0.2) is 0 Å². The molecule has 4 rings (SSSR count). The molecular weight excluding hydrogens is 376 g/mol. The summed E-state index contributed by atoms with van der Waals surface area (Å²) in [5, 5.41) is 0. The van der Waals surface area contributed by atoms with Crippen LogP contribution in [0.4, 0.5) is 5.69 Å². The SMILES string of the molecule is CCc1ccccc1N1CC(C(=O)N2CCC(OCc3ccccc3)CC2)CC1=O. The van der Waals surface area contributed by atoms with E-state index < -0.39 is 0 Å². The molecular formula is C25H30N2O3. The van der Waals surface area contributed by atoms with Crippen LogP contribution in [0.3, 0.4) is 0 Å². The Kier molecular flexibility index (Phi) is 6.48. The van der Waals surface area contributed by atoms with Gasteiger partial charge in [-0.1, -0.05) is 55.5 Å². The minimum absolute atomic E-state index is 0.0512. The number of para-hydroxylation sites is 1. The maximum Gasteiger partial charge on any atom is 0.228 e. The maximum absolute atomic E-state index is 13.1. The third kappa shape index (κ3) is 4.57. The lowest BCUT2D eigenvalue weighted by molar-refractivity contribution is -0.138. The number of carbonyl (C=O) groups is 2. The Morgan fingerprint density at radius 1 is 1.03 bits per heavy atom. The highest BCUT2D eigenvalue weighted by Gasteiger charge is 2.38. The molecule has 0 aliphatic carbocycles. The van der Waals surface area contributed by atoms with E-state index in [1.54, 1.807) is 4.90 Å². The van der Waals surface area contributed by atoms with Crippen LogP contribution in [-0.4, -0.2) is 42.5 Å². The van der Waals surface area contributed by atoms with Gasteiger partial charge in [0, 0.05) is 31.7 Å². The number of nitrogens with zero attached hydrogens (tertiary/aromatic N) is 2. The van der Waals surface area contributed by atoms with E-state index in [0.29, 0.717) is 32.7 Å². The van der Waals surface area contributed by atoms with Crippen molar-refractivity contribution in [1.82, 2.24) is 4.90 Å². The summed E-state index contributed by atoms with van der Waals surface area (Å²) in [6, 6.07) is 18.2. The fourth-order valence-corrected chi connectivity index (χ4v) is 4.47. The van der Waals surface area contributed by atoms with Crippen molar-refractivity contribution in [3.8, 4) is 0 Å². The van der Waals surface area contributed by atoms with E-state index in [0.717, 1.165) is 30.5 Å². The second-order valence-corrected chi connectivity index (χ2v) is 8.21. The van der Waals surface area contributed by atoms with Crippen molar-refractivity contribution in [2.24, 2.45) is 5.92 Å². The Morgan fingerprint density at radius 3 is 2.47 bits per heavy atom. The Labute approximate surface area is 178 Å². The van der Waals surface area contributed by atoms with E-state index in [9.17, 15) is 9.59 Å². The van der Waals surface area contributed by atoms with Gasteiger partial charge in [-0.25, -0.2) is 0 Å². The highest BCUT2D eigenvalue weighted by atomic mass is 16.5. The first kappa shape index (κ1) is 20.6. The summed E-state index contributed by atoms with van der Waals surface area (Å²) in [4.78, 5) is 29.4. The molecule has 5 heteroatoms. The van der Waals surface area contributed by atoms with Gasteiger partial charge < -0.3 is 14.5 Å². The molecule has 158 valence electrons. The highest BCUT2D eigenvalue weighted by Crippen LogP contribution is 2.30. The molecule has 2 saturated heterocycles. The Morgan fingerprint density at radius 2 is 1.73 bits per heavy atom. The maximum atomic E-state index is 13.1. The third-order valence-electron chi connectivity index (χ3n) is 6.22. The van der Waals surface area contributed by atoms with Gasteiger partial charge in [0.1, 0.15) is 0 Å². The van der Waals surface area contributed by atoms with Crippen molar-refractivity contribution >= 4 is 17.5 Å². The fourth-order valence-electron chi connectivity index (χ4n) is 4.47. The molecule has 2 amide bonds. The van der Waals surface area contributed by atoms with Gasteiger partial charge in [0.2, 0.25) is 11.8 Å². The molecule has 0 bridgehead atoms. The summed E-state index contributed by atoms with van der Waals surface area (Å²) in [6.45, 7) is 4.59. The third-order valence-corrected chi connectivity index (χ3v) is 6.22. The molecule has 2 aromatic carbocycles. The summed E-state index contributed by atoms with van der Waals surface area (Å²) in [6.07, 6.45) is 3.06. The average Bonchev–Trinajstić information content (AvgIpc) is 3.19. The Hall–Kier alpha value is -2.66. The van der Waals surface area contributed by atoms with Gasteiger partial charge >= 0.3 is 0 Å². The lowest BCUT2D eigenvalue weighted by Gasteiger charge is -2.33. The minimum Gasteiger partial charge on any atom is -0.373 e. The second-order valence-electron chi connectivity index (χ2n) is 8.21. The average molecular weight is 407 g/mol. The number of piperidine rings is 1. The first-order valence-corrected chi connectivity index (χ1v) is 11.0. The van der Waals surface area contributed by atoms with Crippen LogP contribution in [0.2, 0.25) is 0 Å². The van der Waals surface area contributed by atoms with Crippen molar-refractivity contribution in [3.63, 3.8) is 0 Å². The number of anilines is 1. The quantitative estimate of drug-likeness (QED) is 0.733. The normalized spacial score (nSPS) is 20.0. The molecule has 0 aromatic heterocycles. The molecule has 0 N–H and O–H groups in total. The summed E-state index contributed by atoms with van der Waals surface area (Å²) in [5.74, 6) is -0.0825. The van der Waals surface area contributed by atoms with Crippen LogP contribution in [0.1, 0.15) is 37.3 Å². The molecule has 2 aliphatic heterocycles. The van der Waals surface area contributed by atoms with Gasteiger partial charge in [0.05, 0.1) is 18.6 Å². The van der Waals surface area contributed by atoms with Crippen LogP contribution in [-0.2, 0) is 27.4 Å². The lowest BCUT2D eigenvalue weighted by atomic mass is 10.0. The van der Waals surface area contributed by atoms with Crippen molar-refractivity contribution in [1.29, 1.82) is 0 Å². The smallest absolute Gasteiger partial charge is 0.228 e. The molecule has 0 spiro atoms. The van der Waals surface area contributed by atoms with Gasteiger partial charge in [0.25, 0.3) is 0 Å². The molecule has 0 saturated carbocycles. The molecule has 5 nitrogen and oxygen atoms in total. The van der Waals surface area contributed by atoms with Crippen LogP contribution in [0.25, 0.3) is 0 Å². The van der Waals surface area contributed by atoms with Gasteiger partial charge in [-0.3, -0.25) is 9.59 Å². The molecule has 2 aromatic rings. The minimum atomic E-state index is -0.246. The topological polar surface area (TPSA) is 49.9 Å². The predicted molar refractivity (Wildman–Crippen MR) is 117 cm³/mol. The number of ether oxygens (including phenoxy) is 1. The number of amides is 2. The number of aryl methyl sites for hydroxylation is 1. The van der Waals surface area contributed by atoms with Crippen molar-refractivity contribution in [2.45, 2.75) is 45.3 Å². The van der Waals surface area contributed by atoms with Crippen molar-refractivity contribution in [3.05, 3.63) is 65.7 Å². The van der Waals surface area contributed by atoms with Crippen LogP contribution in [0, 0.1) is 5.92 Å². The monoisotopic (exact) mass is 406 g/mol. The zero-order valence-corrected chi connectivity index (χ0v) is 17.6. The molecule has 1 unspecified atom stereocenters. The van der Waals surface area contributed by atoms with E-state index in [4.69, 9.17) is 4.74 Å². The number of hydrogen-bond acceptors (Lipinski definition) is 3. The summed E-state index contributed by atoms with van der Waals surface area (Å²) < 4.78 is 6.04. The van der Waals surface area contributed by atoms with Crippen molar-refractivity contribution < 1.29 is 14.3 Å². The van der Waals surface area contributed by atoms with Gasteiger partial charge in [-0.15, -0.1) is 0 Å².